The third-order valence-corrected chi connectivity index (χ3v) is 5.59. The predicted molar refractivity (Wildman–Crippen MR) is 98.5 cm³/mol. The minimum absolute atomic E-state index is 0.0550. The molecule has 0 aliphatic heterocycles. The van der Waals surface area contributed by atoms with Crippen LogP contribution in [0.15, 0.2) is 89.8 Å². The summed E-state index contributed by atoms with van der Waals surface area (Å²) in [4.78, 5) is 11.5. The first-order chi connectivity index (χ1) is 11.6. The van der Waals surface area contributed by atoms with Crippen molar-refractivity contribution in [1.29, 1.82) is 0 Å². The van der Waals surface area contributed by atoms with E-state index in [1.165, 1.54) is 17.8 Å². The fourth-order valence-corrected chi connectivity index (χ4v) is 4.14. The molecule has 3 aromatic carbocycles. The highest BCUT2D eigenvalue weighted by Crippen LogP contribution is 2.51. The van der Waals surface area contributed by atoms with Crippen LogP contribution < -0.4 is 0 Å². The molecule has 24 heavy (non-hydrogen) atoms. The van der Waals surface area contributed by atoms with Gasteiger partial charge in [-0.05, 0) is 17.2 Å². The lowest BCUT2D eigenvalue weighted by molar-refractivity contribution is -0.387. The zero-order valence-corrected chi connectivity index (χ0v) is 14.2. The average Bonchev–Trinajstić information content (AvgIpc) is 2.63. The SMILES string of the molecule is O=[N+]([O-])c1ccccc1SC(Cl)(c1ccccc1)c1ccccc1. The molecule has 0 atom stereocenters. The highest BCUT2D eigenvalue weighted by Gasteiger charge is 2.35. The molecule has 0 aliphatic carbocycles. The van der Waals surface area contributed by atoms with Gasteiger partial charge in [0, 0.05) is 6.07 Å². The lowest BCUT2D eigenvalue weighted by Crippen LogP contribution is -2.16. The molecule has 120 valence electrons. The van der Waals surface area contributed by atoms with E-state index in [0.29, 0.717) is 4.90 Å². The van der Waals surface area contributed by atoms with Crippen LogP contribution in [0.4, 0.5) is 5.69 Å². The van der Waals surface area contributed by atoms with E-state index in [9.17, 15) is 10.1 Å². The average molecular weight is 356 g/mol. The number of para-hydroxylation sites is 1. The van der Waals surface area contributed by atoms with E-state index in [4.69, 9.17) is 11.6 Å². The van der Waals surface area contributed by atoms with Gasteiger partial charge in [0.15, 0.2) is 0 Å². The molecule has 0 spiro atoms. The number of nitro groups is 1. The third-order valence-electron chi connectivity index (χ3n) is 3.60. The molecule has 0 heterocycles. The Morgan fingerprint density at radius 2 is 1.25 bits per heavy atom. The summed E-state index contributed by atoms with van der Waals surface area (Å²) in [5.74, 6) is 0. The molecule has 0 bridgehead atoms. The molecule has 0 fully saturated rings. The van der Waals surface area contributed by atoms with Gasteiger partial charge in [0.05, 0.1) is 9.82 Å². The molecule has 0 saturated carbocycles. The molecule has 3 rings (SSSR count). The summed E-state index contributed by atoms with van der Waals surface area (Å²) in [7, 11) is 0. The van der Waals surface area contributed by atoms with Crippen LogP contribution in [0.5, 0.6) is 0 Å². The van der Waals surface area contributed by atoms with Crippen molar-refractivity contribution in [2.75, 3.05) is 0 Å². The van der Waals surface area contributed by atoms with Crippen LogP contribution >= 0.6 is 23.4 Å². The largest absolute Gasteiger partial charge is 0.282 e. The summed E-state index contributed by atoms with van der Waals surface area (Å²) >= 11 is 8.32. The normalized spacial score (nSPS) is 11.2. The molecule has 0 N–H and O–H groups in total. The summed E-state index contributed by atoms with van der Waals surface area (Å²) in [5, 5.41) is 11.3. The van der Waals surface area contributed by atoms with E-state index in [-0.39, 0.29) is 10.6 Å². The van der Waals surface area contributed by atoms with Crippen molar-refractivity contribution in [3.8, 4) is 0 Å². The van der Waals surface area contributed by atoms with Crippen LogP contribution in [0.1, 0.15) is 11.1 Å². The van der Waals surface area contributed by atoms with E-state index < -0.39 is 4.21 Å². The molecule has 0 amide bonds. The van der Waals surface area contributed by atoms with Gasteiger partial charge in [-0.15, -0.1) is 0 Å². The lowest BCUT2D eigenvalue weighted by Gasteiger charge is -2.27. The van der Waals surface area contributed by atoms with Crippen molar-refractivity contribution in [2.24, 2.45) is 0 Å². The molecular formula is C19H14ClNO2S. The predicted octanol–water partition coefficient (Wildman–Crippen LogP) is 5.83. The molecule has 0 aromatic heterocycles. The highest BCUT2D eigenvalue weighted by atomic mass is 35.5. The minimum Gasteiger partial charge on any atom is -0.258 e. The first kappa shape index (κ1) is 16.6. The Morgan fingerprint density at radius 1 is 0.792 bits per heavy atom. The lowest BCUT2D eigenvalue weighted by atomic mass is 10.0. The quantitative estimate of drug-likeness (QED) is 0.250. The molecule has 0 saturated heterocycles. The molecule has 0 aliphatic rings. The number of nitro benzene ring substituents is 1. The topological polar surface area (TPSA) is 43.1 Å². The third kappa shape index (κ3) is 3.30. The van der Waals surface area contributed by atoms with Gasteiger partial charge in [0.1, 0.15) is 4.21 Å². The number of halogens is 1. The fraction of sp³-hybridized carbons (Fsp3) is 0.0526. The van der Waals surface area contributed by atoms with E-state index in [0.717, 1.165) is 11.1 Å². The molecule has 5 heteroatoms. The second-order valence-electron chi connectivity index (χ2n) is 5.15. The Kier molecular flexibility index (Phi) is 4.88. The van der Waals surface area contributed by atoms with Gasteiger partial charge in [-0.25, -0.2) is 0 Å². The Labute approximate surface area is 149 Å². The zero-order chi connectivity index (χ0) is 17.0. The van der Waals surface area contributed by atoms with E-state index >= 15 is 0 Å². The van der Waals surface area contributed by atoms with Crippen LogP contribution in [0.3, 0.4) is 0 Å². The second-order valence-corrected chi connectivity index (χ2v) is 7.20. The fourth-order valence-electron chi connectivity index (χ4n) is 2.44. The van der Waals surface area contributed by atoms with E-state index in [1.54, 1.807) is 18.2 Å². The van der Waals surface area contributed by atoms with Crippen LogP contribution in [-0.4, -0.2) is 4.92 Å². The highest BCUT2D eigenvalue weighted by molar-refractivity contribution is 8.01. The van der Waals surface area contributed by atoms with Gasteiger partial charge in [0.2, 0.25) is 0 Å². The summed E-state index contributed by atoms with van der Waals surface area (Å²) in [6.07, 6.45) is 0. The van der Waals surface area contributed by atoms with Crippen molar-refractivity contribution in [3.05, 3.63) is 106 Å². The van der Waals surface area contributed by atoms with Gasteiger partial charge in [-0.2, -0.15) is 0 Å². The maximum absolute atomic E-state index is 11.3. The van der Waals surface area contributed by atoms with Crippen molar-refractivity contribution in [3.63, 3.8) is 0 Å². The van der Waals surface area contributed by atoms with Crippen LogP contribution in [0, 0.1) is 10.1 Å². The zero-order valence-electron chi connectivity index (χ0n) is 12.6. The van der Waals surface area contributed by atoms with Gasteiger partial charge in [-0.1, -0.05) is 96.2 Å². The maximum atomic E-state index is 11.3. The number of nitrogens with zero attached hydrogens (tertiary/aromatic N) is 1. The number of benzene rings is 3. The summed E-state index contributed by atoms with van der Waals surface area (Å²) in [6.45, 7) is 0. The summed E-state index contributed by atoms with van der Waals surface area (Å²) < 4.78 is -0.950. The smallest absolute Gasteiger partial charge is 0.258 e. The van der Waals surface area contributed by atoms with Crippen LogP contribution in [0.25, 0.3) is 0 Å². The molecule has 0 unspecified atom stereocenters. The van der Waals surface area contributed by atoms with Crippen molar-refractivity contribution in [1.82, 2.24) is 0 Å². The standard InChI is InChI=1S/C19H14ClNO2S/c20-19(15-9-3-1-4-10-15,16-11-5-2-6-12-16)24-18-14-8-7-13-17(18)21(22)23/h1-14H. The van der Waals surface area contributed by atoms with Gasteiger partial charge in [0.25, 0.3) is 5.69 Å². The van der Waals surface area contributed by atoms with Crippen molar-refractivity contribution in [2.45, 2.75) is 9.10 Å². The molecule has 0 radical (unpaired) electrons. The van der Waals surface area contributed by atoms with Gasteiger partial charge >= 0.3 is 0 Å². The number of hydrogen-bond donors (Lipinski definition) is 0. The van der Waals surface area contributed by atoms with E-state index in [1.807, 2.05) is 60.7 Å². The van der Waals surface area contributed by atoms with Crippen molar-refractivity contribution >= 4 is 29.1 Å². The summed E-state index contributed by atoms with van der Waals surface area (Å²) in [6, 6.07) is 25.9. The van der Waals surface area contributed by atoms with Crippen molar-refractivity contribution < 1.29 is 4.92 Å². The Morgan fingerprint density at radius 3 is 1.75 bits per heavy atom. The number of alkyl halides is 1. The van der Waals surface area contributed by atoms with Gasteiger partial charge < -0.3 is 0 Å². The number of rotatable bonds is 5. The summed E-state index contributed by atoms with van der Waals surface area (Å²) in [5.41, 5.74) is 1.81. The number of thioether (sulfide) groups is 1. The Bertz CT molecular complexity index is 801. The van der Waals surface area contributed by atoms with Crippen LogP contribution in [0.2, 0.25) is 0 Å². The first-order valence-corrected chi connectivity index (χ1v) is 8.53. The van der Waals surface area contributed by atoms with Gasteiger partial charge in [-0.3, -0.25) is 10.1 Å². The second kappa shape index (κ2) is 7.07. The maximum Gasteiger partial charge on any atom is 0.282 e. The van der Waals surface area contributed by atoms with E-state index in [2.05, 4.69) is 0 Å². The Balaban J connectivity index is 2.12. The van der Waals surface area contributed by atoms with Crippen LogP contribution in [-0.2, 0) is 4.21 Å². The molecule has 3 aromatic rings. The Hall–Kier alpha value is -2.30. The number of hydrogen-bond acceptors (Lipinski definition) is 3. The molecule has 3 nitrogen and oxygen atoms in total. The first-order valence-electron chi connectivity index (χ1n) is 7.33. The monoisotopic (exact) mass is 355 g/mol. The minimum atomic E-state index is -0.950. The molecular weight excluding hydrogens is 342 g/mol.